The molecular weight excluding hydrogens is 285 g/mol. The molecule has 2 heteroatoms. The standard InChI is InChI=1S/C6H13O.Au/c1-4-5-7-6(2)3;/h6H,1,4-5H2,2-3H3;/q-1;+1. The van der Waals surface area contributed by atoms with Gasteiger partial charge >= 0.3 is 22.4 Å². The molecule has 0 bridgehead atoms. The van der Waals surface area contributed by atoms with Crippen LogP contribution in [0.3, 0.4) is 0 Å². The third-order valence-corrected chi connectivity index (χ3v) is 0.596. The quantitative estimate of drug-likeness (QED) is 0.568. The van der Waals surface area contributed by atoms with Crippen molar-refractivity contribution in [3.05, 3.63) is 6.92 Å². The summed E-state index contributed by atoms with van der Waals surface area (Å²) in [5.74, 6) is 0. The molecule has 0 aliphatic rings. The van der Waals surface area contributed by atoms with Gasteiger partial charge in [-0.05, 0) is 13.8 Å². The van der Waals surface area contributed by atoms with E-state index >= 15 is 0 Å². The average Bonchev–Trinajstić information content (AvgIpc) is 1.61. The molecule has 0 aromatic rings. The van der Waals surface area contributed by atoms with Crippen molar-refractivity contribution in [2.24, 2.45) is 0 Å². The molecule has 0 N–H and O–H groups in total. The van der Waals surface area contributed by atoms with Gasteiger partial charge in [-0.1, -0.05) is 0 Å². The molecule has 54 valence electrons. The fraction of sp³-hybridized carbons (Fsp3) is 0.833. The Morgan fingerprint density at radius 1 is 1.50 bits per heavy atom. The Morgan fingerprint density at radius 3 is 2.12 bits per heavy atom. The minimum absolute atomic E-state index is 0. The van der Waals surface area contributed by atoms with Crippen molar-refractivity contribution in [3.8, 4) is 0 Å². The Kier molecular flexibility index (Phi) is 11.1. The van der Waals surface area contributed by atoms with Crippen LogP contribution in [-0.2, 0) is 27.1 Å². The average molecular weight is 298 g/mol. The van der Waals surface area contributed by atoms with Gasteiger partial charge in [0.05, 0.1) is 6.10 Å². The predicted octanol–water partition coefficient (Wildman–Crippen LogP) is 1.63. The SMILES string of the molecule is [Au+].[CH2-]CCOC(C)C. The molecule has 0 amide bonds. The van der Waals surface area contributed by atoms with E-state index in [9.17, 15) is 0 Å². The molecule has 0 spiro atoms. The summed E-state index contributed by atoms with van der Waals surface area (Å²) in [5.41, 5.74) is 0. The van der Waals surface area contributed by atoms with E-state index in [-0.39, 0.29) is 22.4 Å². The van der Waals surface area contributed by atoms with Crippen LogP contribution >= 0.6 is 0 Å². The van der Waals surface area contributed by atoms with Gasteiger partial charge in [0.15, 0.2) is 0 Å². The van der Waals surface area contributed by atoms with Gasteiger partial charge in [-0.2, -0.15) is 6.42 Å². The Labute approximate surface area is 67.3 Å². The fourth-order valence-electron chi connectivity index (χ4n) is 0.319. The molecule has 0 aromatic carbocycles. The zero-order chi connectivity index (χ0) is 5.70. The van der Waals surface area contributed by atoms with Crippen LogP contribution in [-0.4, -0.2) is 12.7 Å². The maximum absolute atomic E-state index is 5.13. The second kappa shape index (κ2) is 7.70. The number of ether oxygens (including phenoxy) is 1. The summed E-state index contributed by atoms with van der Waals surface area (Å²) in [7, 11) is 0. The summed E-state index contributed by atoms with van der Waals surface area (Å²) in [6.45, 7) is 8.47. The molecular formula is C6H13AuO. The number of hydrogen-bond donors (Lipinski definition) is 0. The summed E-state index contributed by atoms with van der Waals surface area (Å²) in [6.07, 6.45) is 1.24. The Bertz CT molecular complexity index is 37.5. The summed E-state index contributed by atoms with van der Waals surface area (Å²) in [6, 6.07) is 0. The van der Waals surface area contributed by atoms with Gasteiger partial charge in [0.2, 0.25) is 0 Å². The van der Waals surface area contributed by atoms with E-state index < -0.39 is 0 Å². The third-order valence-electron chi connectivity index (χ3n) is 0.596. The van der Waals surface area contributed by atoms with E-state index in [1.165, 1.54) is 0 Å². The molecule has 0 radical (unpaired) electrons. The molecule has 0 aliphatic heterocycles. The van der Waals surface area contributed by atoms with Crippen molar-refractivity contribution in [1.82, 2.24) is 0 Å². The van der Waals surface area contributed by atoms with Crippen molar-refractivity contribution < 1.29 is 27.1 Å². The molecule has 8 heavy (non-hydrogen) atoms. The van der Waals surface area contributed by atoms with Crippen LogP contribution < -0.4 is 0 Å². The van der Waals surface area contributed by atoms with Gasteiger partial charge in [-0.15, -0.1) is 0 Å². The largest absolute Gasteiger partial charge is 1.00 e. The molecule has 0 atom stereocenters. The molecule has 0 heterocycles. The number of hydrogen-bond acceptors (Lipinski definition) is 1. The molecule has 0 unspecified atom stereocenters. The van der Waals surface area contributed by atoms with Crippen molar-refractivity contribution in [2.75, 3.05) is 6.61 Å². The zero-order valence-corrected chi connectivity index (χ0v) is 7.57. The van der Waals surface area contributed by atoms with Gasteiger partial charge in [0.1, 0.15) is 0 Å². The van der Waals surface area contributed by atoms with Gasteiger partial charge in [0, 0.05) is 6.61 Å². The van der Waals surface area contributed by atoms with E-state index in [0.29, 0.717) is 6.10 Å². The van der Waals surface area contributed by atoms with Crippen LogP contribution in [0.25, 0.3) is 0 Å². The van der Waals surface area contributed by atoms with E-state index in [4.69, 9.17) is 4.74 Å². The molecule has 0 aliphatic carbocycles. The Balaban J connectivity index is 0. The third kappa shape index (κ3) is 9.85. The zero-order valence-electron chi connectivity index (χ0n) is 5.41. The first kappa shape index (κ1) is 11.5. The Morgan fingerprint density at radius 2 is 2.00 bits per heavy atom. The van der Waals surface area contributed by atoms with E-state index in [1.807, 2.05) is 13.8 Å². The minimum Gasteiger partial charge on any atom is -0.381 e. The monoisotopic (exact) mass is 298 g/mol. The first-order valence-electron chi connectivity index (χ1n) is 2.68. The Hall–Kier alpha value is 0.700. The van der Waals surface area contributed by atoms with Crippen LogP contribution in [0.15, 0.2) is 0 Å². The van der Waals surface area contributed by atoms with Gasteiger partial charge < -0.3 is 11.7 Å². The van der Waals surface area contributed by atoms with Crippen molar-refractivity contribution in [1.29, 1.82) is 0 Å². The maximum atomic E-state index is 5.13. The van der Waals surface area contributed by atoms with Gasteiger partial charge in [0.25, 0.3) is 0 Å². The molecule has 0 aromatic heterocycles. The van der Waals surface area contributed by atoms with E-state index in [2.05, 4.69) is 6.92 Å². The van der Waals surface area contributed by atoms with Crippen LogP contribution in [0.2, 0.25) is 0 Å². The summed E-state index contributed by atoms with van der Waals surface area (Å²) in [4.78, 5) is 0. The van der Waals surface area contributed by atoms with Crippen LogP contribution in [0.5, 0.6) is 0 Å². The topological polar surface area (TPSA) is 9.23 Å². The first-order chi connectivity index (χ1) is 3.27. The van der Waals surface area contributed by atoms with Gasteiger partial charge in [-0.25, -0.2) is 0 Å². The molecule has 0 rings (SSSR count). The molecule has 0 saturated carbocycles. The van der Waals surface area contributed by atoms with Crippen molar-refractivity contribution >= 4 is 0 Å². The second-order valence-corrected chi connectivity index (χ2v) is 1.77. The minimum atomic E-state index is 0. The smallest absolute Gasteiger partial charge is 0.381 e. The van der Waals surface area contributed by atoms with E-state index in [0.717, 1.165) is 13.0 Å². The second-order valence-electron chi connectivity index (χ2n) is 1.77. The maximum Gasteiger partial charge on any atom is 1.00 e. The predicted molar refractivity (Wildman–Crippen MR) is 31.1 cm³/mol. The summed E-state index contributed by atoms with van der Waals surface area (Å²) < 4.78 is 5.13. The normalized spacial score (nSPS) is 9.00. The summed E-state index contributed by atoms with van der Waals surface area (Å²) >= 11 is 0. The summed E-state index contributed by atoms with van der Waals surface area (Å²) in [5, 5.41) is 0. The molecule has 0 saturated heterocycles. The van der Waals surface area contributed by atoms with Crippen LogP contribution in [0, 0.1) is 6.92 Å². The molecule has 0 fully saturated rings. The van der Waals surface area contributed by atoms with Crippen molar-refractivity contribution in [2.45, 2.75) is 26.4 Å². The fourth-order valence-corrected chi connectivity index (χ4v) is 0.319. The van der Waals surface area contributed by atoms with E-state index in [1.54, 1.807) is 0 Å². The van der Waals surface area contributed by atoms with Gasteiger partial charge in [-0.3, -0.25) is 0 Å². The van der Waals surface area contributed by atoms with Crippen LogP contribution in [0.1, 0.15) is 20.3 Å². The molecule has 1 nitrogen and oxygen atoms in total. The van der Waals surface area contributed by atoms with Crippen LogP contribution in [0.4, 0.5) is 0 Å². The first-order valence-corrected chi connectivity index (χ1v) is 2.68. The van der Waals surface area contributed by atoms with Crippen molar-refractivity contribution in [3.63, 3.8) is 0 Å². The number of rotatable bonds is 3.